The second-order valence-corrected chi connectivity index (χ2v) is 3.04. The Hall–Kier alpha value is -1.28. The zero-order chi connectivity index (χ0) is 9.19. The lowest BCUT2D eigenvalue weighted by molar-refractivity contribution is 0.472. The third kappa shape index (κ3) is 1.66. The van der Waals surface area contributed by atoms with Crippen LogP contribution in [-0.2, 0) is 5.54 Å². The van der Waals surface area contributed by atoms with E-state index in [0.29, 0.717) is 0 Å². The number of hydrogen-bond donors (Lipinski definition) is 2. The van der Waals surface area contributed by atoms with E-state index in [2.05, 4.69) is 6.58 Å². The molecule has 3 N–H and O–H groups in total. The Morgan fingerprint density at radius 2 is 2.25 bits per heavy atom. The van der Waals surface area contributed by atoms with Gasteiger partial charge in [-0.05, 0) is 24.6 Å². The number of phenols is 1. The molecule has 0 bridgehead atoms. The molecule has 0 aliphatic rings. The first-order valence-electron chi connectivity index (χ1n) is 3.78. The quantitative estimate of drug-likeness (QED) is 0.652. The minimum atomic E-state index is -0.571. The smallest absolute Gasteiger partial charge is 0.115 e. The van der Waals surface area contributed by atoms with Crippen LogP contribution in [0.15, 0.2) is 36.9 Å². The molecule has 0 spiro atoms. The van der Waals surface area contributed by atoms with Gasteiger partial charge in [-0.15, -0.1) is 6.58 Å². The summed E-state index contributed by atoms with van der Waals surface area (Å²) in [5.74, 6) is 0.228. The van der Waals surface area contributed by atoms with Gasteiger partial charge in [0.15, 0.2) is 0 Å². The molecule has 0 radical (unpaired) electrons. The highest BCUT2D eigenvalue weighted by atomic mass is 16.3. The Morgan fingerprint density at radius 3 is 2.75 bits per heavy atom. The molecule has 1 rings (SSSR count). The molecule has 12 heavy (non-hydrogen) atoms. The molecule has 0 aliphatic heterocycles. The van der Waals surface area contributed by atoms with E-state index >= 15 is 0 Å². The van der Waals surface area contributed by atoms with Crippen molar-refractivity contribution in [3.63, 3.8) is 0 Å². The molecule has 0 aliphatic carbocycles. The summed E-state index contributed by atoms with van der Waals surface area (Å²) in [6.45, 7) is 5.47. The van der Waals surface area contributed by atoms with Crippen molar-refractivity contribution in [2.45, 2.75) is 12.5 Å². The predicted octanol–water partition coefficient (Wildman–Crippen LogP) is 1.75. The first-order valence-corrected chi connectivity index (χ1v) is 3.78. The lowest BCUT2D eigenvalue weighted by Crippen LogP contribution is -2.29. The molecule has 2 nitrogen and oxygen atoms in total. The van der Waals surface area contributed by atoms with Gasteiger partial charge in [0.2, 0.25) is 0 Å². The molecule has 0 amide bonds. The van der Waals surface area contributed by atoms with E-state index in [9.17, 15) is 5.11 Å². The van der Waals surface area contributed by atoms with E-state index in [0.717, 1.165) is 5.56 Å². The summed E-state index contributed by atoms with van der Waals surface area (Å²) < 4.78 is 0. The number of rotatable bonds is 2. The van der Waals surface area contributed by atoms with Crippen molar-refractivity contribution in [3.05, 3.63) is 42.5 Å². The highest BCUT2D eigenvalue weighted by Crippen LogP contribution is 2.21. The van der Waals surface area contributed by atoms with Gasteiger partial charge in [-0.2, -0.15) is 0 Å². The average molecular weight is 163 g/mol. The molecule has 0 saturated heterocycles. The fourth-order valence-electron chi connectivity index (χ4n) is 0.959. The summed E-state index contributed by atoms with van der Waals surface area (Å²) in [5, 5.41) is 9.18. The third-order valence-electron chi connectivity index (χ3n) is 1.89. The number of benzene rings is 1. The van der Waals surface area contributed by atoms with Crippen LogP contribution in [0.2, 0.25) is 0 Å². The van der Waals surface area contributed by atoms with Crippen LogP contribution in [0.25, 0.3) is 0 Å². The maximum Gasteiger partial charge on any atom is 0.115 e. The molecule has 0 unspecified atom stereocenters. The van der Waals surface area contributed by atoms with E-state index in [1.165, 1.54) is 0 Å². The van der Waals surface area contributed by atoms with Crippen molar-refractivity contribution in [3.8, 4) is 5.75 Å². The first-order chi connectivity index (χ1) is 5.56. The summed E-state index contributed by atoms with van der Waals surface area (Å²) in [5.41, 5.74) is 6.17. The minimum Gasteiger partial charge on any atom is -0.508 e. The molecular formula is C10H13NO. The van der Waals surface area contributed by atoms with Crippen LogP contribution in [-0.4, -0.2) is 5.11 Å². The summed E-state index contributed by atoms with van der Waals surface area (Å²) in [4.78, 5) is 0. The number of aromatic hydroxyl groups is 1. The van der Waals surface area contributed by atoms with Gasteiger partial charge in [-0.1, -0.05) is 18.2 Å². The highest BCUT2D eigenvalue weighted by molar-refractivity contribution is 5.34. The van der Waals surface area contributed by atoms with Crippen molar-refractivity contribution < 1.29 is 5.11 Å². The molecule has 0 aromatic heterocycles. The molecule has 64 valence electrons. The molecule has 2 heteroatoms. The van der Waals surface area contributed by atoms with Crippen LogP contribution in [0.4, 0.5) is 0 Å². The van der Waals surface area contributed by atoms with Crippen LogP contribution in [0.1, 0.15) is 12.5 Å². The summed E-state index contributed by atoms with van der Waals surface area (Å²) >= 11 is 0. The van der Waals surface area contributed by atoms with Crippen molar-refractivity contribution >= 4 is 0 Å². The second-order valence-electron chi connectivity index (χ2n) is 3.04. The van der Waals surface area contributed by atoms with Crippen LogP contribution >= 0.6 is 0 Å². The van der Waals surface area contributed by atoms with Gasteiger partial charge < -0.3 is 10.8 Å². The van der Waals surface area contributed by atoms with Gasteiger partial charge in [-0.25, -0.2) is 0 Å². The molecule has 1 aromatic carbocycles. The minimum absolute atomic E-state index is 0.228. The van der Waals surface area contributed by atoms with E-state index in [1.54, 1.807) is 24.3 Å². The Bertz CT molecular complexity index is 292. The van der Waals surface area contributed by atoms with Crippen LogP contribution in [0, 0.1) is 0 Å². The maximum atomic E-state index is 9.18. The lowest BCUT2D eigenvalue weighted by atomic mass is 9.93. The molecule has 0 fully saturated rings. The Morgan fingerprint density at radius 1 is 1.58 bits per heavy atom. The maximum absolute atomic E-state index is 9.18. The van der Waals surface area contributed by atoms with Gasteiger partial charge in [-0.3, -0.25) is 0 Å². The second kappa shape index (κ2) is 2.99. The summed E-state index contributed by atoms with van der Waals surface area (Å²) in [7, 11) is 0. The molecule has 0 saturated carbocycles. The van der Waals surface area contributed by atoms with Gasteiger partial charge in [0.25, 0.3) is 0 Å². The topological polar surface area (TPSA) is 46.2 Å². The number of nitrogens with two attached hydrogens (primary N) is 1. The van der Waals surface area contributed by atoms with E-state index in [4.69, 9.17) is 5.73 Å². The van der Waals surface area contributed by atoms with Crippen LogP contribution in [0.5, 0.6) is 5.75 Å². The van der Waals surface area contributed by atoms with Gasteiger partial charge >= 0.3 is 0 Å². The molecule has 0 heterocycles. The van der Waals surface area contributed by atoms with Crippen molar-refractivity contribution in [2.75, 3.05) is 0 Å². The van der Waals surface area contributed by atoms with E-state index < -0.39 is 5.54 Å². The van der Waals surface area contributed by atoms with Crippen molar-refractivity contribution in [2.24, 2.45) is 5.73 Å². The fourth-order valence-corrected chi connectivity index (χ4v) is 0.959. The average Bonchev–Trinajstić information content (AvgIpc) is 2.05. The summed E-state index contributed by atoms with van der Waals surface area (Å²) in [6.07, 6.45) is 1.65. The van der Waals surface area contributed by atoms with E-state index in [-0.39, 0.29) is 5.75 Å². The Kier molecular flexibility index (Phi) is 2.20. The lowest BCUT2D eigenvalue weighted by Gasteiger charge is -2.20. The number of hydrogen-bond acceptors (Lipinski definition) is 2. The zero-order valence-corrected chi connectivity index (χ0v) is 7.12. The van der Waals surface area contributed by atoms with Gasteiger partial charge in [0.05, 0.1) is 5.54 Å². The standard InChI is InChI=1S/C10H13NO/c1-3-10(2,11)8-5-4-6-9(12)7-8/h3-7,12H,1,11H2,2H3/t10-/m1/s1. The summed E-state index contributed by atoms with van der Waals surface area (Å²) in [6, 6.07) is 6.88. The zero-order valence-electron chi connectivity index (χ0n) is 7.12. The van der Waals surface area contributed by atoms with Crippen LogP contribution < -0.4 is 5.73 Å². The number of phenolic OH excluding ortho intramolecular Hbond substituents is 1. The largest absolute Gasteiger partial charge is 0.508 e. The van der Waals surface area contributed by atoms with Crippen LogP contribution in [0.3, 0.4) is 0 Å². The molecular weight excluding hydrogens is 150 g/mol. The fraction of sp³-hybridized carbons (Fsp3) is 0.200. The van der Waals surface area contributed by atoms with Gasteiger partial charge in [0, 0.05) is 0 Å². The van der Waals surface area contributed by atoms with Crippen molar-refractivity contribution in [1.29, 1.82) is 0 Å². The molecule has 1 aromatic rings. The normalized spacial score (nSPS) is 15.2. The Balaban J connectivity index is 3.11. The van der Waals surface area contributed by atoms with E-state index in [1.807, 2.05) is 13.0 Å². The van der Waals surface area contributed by atoms with Crippen molar-refractivity contribution in [1.82, 2.24) is 0 Å². The SMILES string of the molecule is C=C[C@@](C)(N)c1cccc(O)c1. The molecule has 1 atom stereocenters. The first kappa shape index (κ1) is 8.81. The predicted molar refractivity (Wildman–Crippen MR) is 49.8 cm³/mol. The highest BCUT2D eigenvalue weighted by Gasteiger charge is 2.16. The van der Waals surface area contributed by atoms with Gasteiger partial charge in [0.1, 0.15) is 5.75 Å². The Labute approximate surface area is 72.3 Å². The third-order valence-corrected chi connectivity index (χ3v) is 1.89. The monoisotopic (exact) mass is 163 g/mol.